The predicted octanol–water partition coefficient (Wildman–Crippen LogP) is 4.72. The van der Waals surface area contributed by atoms with Crippen molar-refractivity contribution in [2.75, 3.05) is 0 Å². The highest BCUT2D eigenvalue weighted by molar-refractivity contribution is 7.15. The molecule has 0 bridgehead atoms. The van der Waals surface area contributed by atoms with Crippen molar-refractivity contribution < 1.29 is 4.79 Å². The molecule has 3 heterocycles. The third-order valence-electron chi connectivity index (χ3n) is 4.13. The minimum Gasteiger partial charge on any atom is -0.344 e. The van der Waals surface area contributed by atoms with Crippen LogP contribution in [0.25, 0.3) is 5.00 Å². The number of rotatable bonds is 4. The zero-order valence-electron chi connectivity index (χ0n) is 14.5. The third kappa shape index (κ3) is 3.03. The minimum absolute atomic E-state index is 0.0434. The Labute approximate surface area is 150 Å². The molecule has 0 radical (unpaired) electrons. The Hall–Kier alpha value is -1.92. The molecule has 0 saturated carbocycles. The Morgan fingerprint density at radius 1 is 1.12 bits per heavy atom. The van der Waals surface area contributed by atoms with Crippen molar-refractivity contribution in [3.05, 3.63) is 56.1 Å². The molecule has 0 aliphatic rings. The van der Waals surface area contributed by atoms with Crippen LogP contribution >= 0.6 is 22.7 Å². The normalized spacial score (nSPS) is 12.4. The van der Waals surface area contributed by atoms with Gasteiger partial charge in [-0.05, 0) is 52.3 Å². The van der Waals surface area contributed by atoms with E-state index in [1.54, 1.807) is 22.7 Å². The molecule has 6 heteroatoms. The first-order chi connectivity index (χ1) is 11.4. The van der Waals surface area contributed by atoms with Gasteiger partial charge in [-0.25, -0.2) is 4.98 Å². The predicted molar refractivity (Wildman–Crippen MR) is 101 cm³/mol. The molecule has 24 heavy (non-hydrogen) atoms. The van der Waals surface area contributed by atoms with E-state index in [0.717, 1.165) is 36.6 Å². The second-order valence-corrected chi connectivity index (χ2v) is 8.53. The zero-order chi connectivity index (χ0) is 17.4. The van der Waals surface area contributed by atoms with Crippen LogP contribution in [-0.2, 0) is 0 Å². The van der Waals surface area contributed by atoms with Crippen LogP contribution in [0.5, 0.6) is 0 Å². The van der Waals surface area contributed by atoms with Gasteiger partial charge in [0.2, 0.25) is 0 Å². The molecule has 1 atom stereocenters. The Morgan fingerprint density at radius 2 is 1.79 bits per heavy atom. The van der Waals surface area contributed by atoms with Crippen LogP contribution in [0.15, 0.2) is 24.5 Å². The van der Waals surface area contributed by atoms with Crippen molar-refractivity contribution in [2.45, 2.75) is 40.7 Å². The lowest BCUT2D eigenvalue weighted by Crippen LogP contribution is -2.28. The van der Waals surface area contributed by atoms with Crippen molar-refractivity contribution in [3.8, 4) is 5.00 Å². The van der Waals surface area contributed by atoms with Crippen molar-refractivity contribution in [1.82, 2.24) is 14.9 Å². The number of aryl methyl sites for hydroxylation is 3. The Morgan fingerprint density at radius 3 is 2.38 bits per heavy atom. The number of nitrogens with zero attached hydrogens (tertiary/aromatic N) is 2. The molecular formula is C18H21N3OS2. The van der Waals surface area contributed by atoms with Gasteiger partial charge in [-0.2, -0.15) is 0 Å². The molecule has 126 valence electrons. The highest BCUT2D eigenvalue weighted by atomic mass is 32.1. The molecule has 4 nitrogen and oxygen atoms in total. The first-order valence-electron chi connectivity index (χ1n) is 7.86. The molecule has 0 aromatic carbocycles. The Balaban J connectivity index is 1.92. The van der Waals surface area contributed by atoms with Gasteiger partial charge in [0.1, 0.15) is 5.00 Å². The van der Waals surface area contributed by atoms with E-state index in [1.807, 2.05) is 56.8 Å². The van der Waals surface area contributed by atoms with Gasteiger partial charge in [-0.15, -0.1) is 22.7 Å². The van der Waals surface area contributed by atoms with Crippen molar-refractivity contribution in [1.29, 1.82) is 0 Å². The lowest BCUT2D eigenvalue weighted by atomic mass is 10.1. The molecule has 0 spiro atoms. The van der Waals surface area contributed by atoms with Crippen LogP contribution < -0.4 is 5.32 Å². The van der Waals surface area contributed by atoms with Gasteiger partial charge in [0, 0.05) is 22.1 Å². The molecule has 0 aliphatic heterocycles. The standard InChI is InChI=1S/C18H21N3OS2/c1-10-12(3)24-18(21-8-6-7-9-21)15(10)17(22)19-11(2)16-13(4)23-14(5)20-16/h6-9,11H,1-5H3,(H,19,22)/t11-/m1/s1. The molecule has 1 N–H and O–H groups in total. The number of hydrogen-bond donors (Lipinski definition) is 1. The number of carbonyl (C=O) groups is 1. The number of thiazole rings is 1. The number of aromatic nitrogens is 2. The van der Waals surface area contributed by atoms with Gasteiger partial charge in [0.25, 0.3) is 5.91 Å². The van der Waals surface area contributed by atoms with Gasteiger partial charge in [0.05, 0.1) is 22.3 Å². The fraction of sp³-hybridized carbons (Fsp3) is 0.333. The minimum atomic E-state index is -0.112. The smallest absolute Gasteiger partial charge is 0.255 e. The maximum absolute atomic E-state index is 13.0. The fourth-order valence-electron chi connectivity index (χ4n) is 2.81. The monoisotopic (exact) mass is 359 g/mol. The Kier molecular flexibility index (Phi) is 4.60. The summed E-state index contributed by atoms with van der Waals surface area (Å²) in [5.41, 5.74) is 2.75. The molecule has 0 fully saturated rings. The average molecular weight is 360 g/mol. The maximum Gasteiger partial charge on any atom is 0.255 e. The number of nitrogens with one attached hydrogen (secondary N) is 1. The summed E-state index contributed by atoms with van der Waals surface area (Å²) in [5.74, 6) is -0.0434. The maximum atomic E-state index is 13.0. The summed E-state index contributed by atoms with van der Waals surface area (Å²) in [4.78, 5) is 19.8. The average Bonchev–Trinajstić information content (AvgIpc) is 3.20. The van der Waals surface area contributed by atoms with E-state index in [-0.39, 0.29) is 11.9 Å². The van der Waals surface area contributed by atoms with Crippen LogP contribution in [0, 0.1) is 27.7 Å². The van der Waals surface area contributed by atoms with Gasteiger partial charge >= 0.3 is 0 Å². The van der Waals surface area contributed by atoms with Crippen LogP contribution in [0.3, 0.4) is 0 Å². The number of thiophene rings is 1. The van der Waals surface area contributed by atoms with E-state index in [1.165, 1.54) is 0 Å². The van der Waals surface area contributed by atoms with Crippen LogP contribution in [0.1, 0.15) is 49.3 Å². The highest BCUT2D eigenvalue weighted by Gasteiger charge is 2.23. The summed E-state index contributed by atoms with van der Waals surface area (Å²) in [5, 5.41) is 5.11. The van der Waals surface area contributed by atoms with E-state index in [0.29, 0.717) is 0 Å². The molecule has 0 unspecified atom stereocenters. The summed E-state index contributed by atoms with van der Waals surface area (Å²) < 4.78 is 2.00. The first-order valence-corrected chi connectivity index (χ1v) is 9.50. The van der Waals surface area contributed by atoms with Gasteiger partial charge < -0.3 is 9.88 Å². The quantitative estimate of drug-likeness (QED) is 0.733. The van der Waals surface area contributed by atoms with Gasteiger partial charge in [-0.3, -0.25) is 4.79 Å². The van der Waals surface area contributed by atoms with Crippen LogP contribution in [0.4, 0.5) is 0 Å². The molecule has 0 aliphatic carbocycles. The second-order valence-electron chi connectivity index (χ2n) is 5.92. The molecular weight excluding hydrogens is 338 g/mol. The van der Waals surface area contributed by atoms with E-state index in [2.05, 4.69) is 17.2 Å². The number of carbonyl (C=O) groups excluding carboxylic acids is 1. The van der Waals surface area contributed by atoms with Gasteiger partial charge in [-0.1, -0.05) is 0 Å². The van der Waals surface area contributed by atoms with E-state index >= 15 is 0 Å². The molecule has 0 saturated heterocycles. The highest BCUT2D eigenvalue weighted by Crippen LogP contribution is 2.31. The molecule has 3 rings (SSSR count). The summed E-state index contributed by atoms with van der Waals surface area (Å²) in [6.45, 7) is 10.1. The SMILES string of the molecule is Cc1nc([C@@H](C)NC(=O)c2c(-n3cccc3)sc(C)c2C)c(C)s1. The number of hydrogen-bond acceptors (Lipinski definition) is 4. The fourth-order valence-corrected chi connectivity index (χ4v) is 4.85. The summed E-state index contributed by atoms with van der Waals surface area (Å²) in [6, 6.07) is 3.83. The third-order valence-corrected chi connectivity index (χ3v) is 6.25. The van der Waals surface area contributed by atoms with Crippen LogP contribution in [-0.4, -0.2) is 15.5 Å². The summed E-state index contributed by atoms with van der Waals surface area (Å²) in [6.07, 6.45) is 3.94. The van der Waals surface area contributed by atoms with Gasteiger partial charge in [0.15, 0.2) is 0 Å². The lowest BCUT2D eigenvalue weighted by molar-refractivity contribution is 0.0939. The van der Waals surface area contributed by atoms with E-state index in [9.17, 15) is 4.79 Å². The Bertz CT molecular complexity index is 875. The van der Waals surface area contributed by atoms with E-state index < -0.39 is 0 Å². The number of amides is 1. The molecule has 3 aromatic heterocycles. The molecule has 1 amide bonds. The summed E-state index contributed by atoms with van der Waals surface area (Å²) in [7, 11) is 0. The summed E-state index contributed by atoms with van der Waals surface area (Å²) >= 11 is 3.31. The van der Waals surface area contributed by atoms with Crippen molar-refractivity contribution in [2.24, 2.45) is 0 Å². The van der Waals surface area contributed by atoms with Crippen LogP contribution in [0.2, 0.25) is 0 Å². The van der Waals surface area contributed by atoms with Crippen molar-refractivity contribution >= 4 is 28.6 Å². The first kappa shape index (κ1) is 16.9. The topological polar surface area (TPSA) is 46.9 Å². The zero-order valence-corrected chi connectivity index (χ0v) is 16.1. The molecule has 3 aromatic rings. The largest absolute Gasteiger partial charge is 0.344 e. The lowest BCUT2D eigenvalue weighted by Gasteiger charge is -2.14. The van der Waals surface area contributed by atoms with E-state index in [4.69, 9.17) is 0 Å². The second kappa shape index (κ2) is 6.53. The van der Waals surface area contributed by atoms with Crippen molar-refractivity contribution in [3.63, 3.8) is 0 Å².